The number of aliphatic hydroxyl groups excluding tert-OH is 1. The highest BCUT2D eigenvalue weighted by atomic mass is 127. The molecule has 0 fully saturated rings. The third-order valence-electron chi connectivity index (χ3n) is 3.21. The summed E-state index contributed by atoms with van der Waals surface area (Å²) in [6, 6.07) is 0. The first-order valence-electron chi connectivity index (χ1n) is 8.12. The molecule has 0 aromatic rings. The Morgan fingerprint density at radius 2 is 1.71 bits per heavy atom. The largest absolute Gasteiger partial charge is 0.396 e. The smallest absolute Gasteiger partial charge is 0.191 e. The Kier molecular flexibility index (Phi) is 16.5. The van der Waals surface area contributed by atoms with E-state index < -0.39 is 0 Å². The van der Waals surface area contributed by atoms with Gasteiger partial charge in [0.1, 0.15) is 0 Å². The molecule has 0 radical (unpaired) electrons. The SMILES string of the molecule is CCNC(=NCC(CCO)CC(C)C)NCCC(C)C.I. The van der Waals surface area contributed by atoms with Gasteiger partial charge in [-0.2, -0.15) is 0 Å². The highest BCUT2D eigenvalue weighted by Crippen LogP contribution is 2.15. The van der Waals surface area contributed by atoms with Crippen LogP contribution in [0.4, 0.5) is 0 Å². The number of rotatable bonds is 10. The van der Waals surface area contributed by atoms with Gasteiger partial charge in [-0.15, -0.1) is 24.0 Å². The lowest BCUT2D eigenvalue weighted by atomic mass is 9.94. The number of hydrogen-bond donors (Lipinski definition) is 3. The first-order chi connectivity index (χ1) is 9.49. The lowest BCUT2D eigenvalue weighted by Gasteiger charge is -2.17. The number of aliphatic hydroxyl groups is 1. The molecule has 0 heterocycles. The van der Waals surface area contributed by atoms with E-state index in [4.69, 9.17) is 5.11 Å². The van der Waals surface area contributed by atoms with E-state index >= 15 is 0 Å². The standard InChI is InChI=1S/C16H35N3O.HI/c1-6-17-16(18-9-7-13(2)3)19-12-15(8-10-20)11-14(4)5;/h13-15,20H,6-12H2,1-5H3,(H2,17,18,19);1H. The molecular formula is C16H36IN3O. The number of guanidine groups is 1. The Balaban J connectivity index is 0. The summed E-state index contributed by atoms with van der Waals surface area (Å²) in [7, 11) is 0. The van der Waals surface area contributed by atoms with Crippen molar-refractivity contribution in [2.45, 2.75) is 53.9 Å². The van der Waals surface area contributed by atoms with Crippen molar-refractivity contribution < 1.29 is 5.11 Å². The zero-order valence-corrected chi connectivity index (χ0v) is 16.8. The lowest BCUT2D eigenvalue weighted by molar-refractivity contribution is 0.245. The van der Waals surface area contributed by atoms with Crippen molar-refractivity contribution in [3.05, 3.63) is 0 Å². The molecule has 0 spiro atoms. The third-order valence-corrected chi connectivity index (χ3v) is 3.21. The average molecular weight is 413 g/mol. The molecule has 0 aromatic carbocycles. The molecule has 0 saturated heterocycles. The molecule has 0 aliphatic heterocycles. The van der Waals surface area contributed by atoms with Crippen LogP contribution in [0.1, 0.15) is 53.9 Å². The van der Waals surface area contributed by atoms with Gasteiger partial charge in [0.2, 0.25) is 0 Å². The van der Waals surface area contributed by atoms with Gasteiger partial charge in [-0.1, -0.05) is 27.7 Å². The lowest BCUT2D eigenvalue weighted by Crippen LogP contribution is -2.38. The van der Waals surface area contributed by atoms with Gasteiger partial charge in [0.25, 0.3) is 0 Å². The van der Waals surface area contributed by atoms with Crippen molar-refractivity contribution in [2.24, 2.45) is 22.7 Å². The first-order valence-corrected chi connectivity index (χ1v) is 8.12. The highest BCUT2D eigenvalue weighted by molar-refractivity contribution is 14.0. The summed E-state index contributed by atoms with van der Waals surface area (Å²) >= 11 is 0. The van der Waals surface area contributed by atoms with Crippen molar-refractivity contribution in [2.75, 3.05) is 26.2 Å². The maximum atomic E-state index is 9.14. The maximum Gasteiger partial charge on any atom is 0.191 e. The van der Waals surface area contributed by atoms with Crippen LogP contribution < -0.4 is 10.6 Å². The number of hydrogen-bond acceptors (Lipinski definition) is 2. The Hall–Kier alpha value is -0.0400. The second kappa shape index (κ2) is 14.9. The minimum Gasteiger partial charge on any atom is -0.396 e. The highest BCUT2D eigenvalue weighted by Gasteiger charge is 2.10. The van der Waals surface area contributed by atoms with Gasteiger partial charge < -0.3 is 15.7 Å². The Bertz CT molecular complexity index is 258. The fourth-order valence-electron chi connectivity index (χ4n) is 2.17. The topological polar surface area (TPSA) is 56.7 Å². The van der Waals surface area contributed by atoms with Crippen LogP contribution in [0.5, 0.6) is 0 Å². The van der Waals surface area contributed by atoms with Gasteiger partial charge in [0.15, 0.2) is 5.96 Å². The number of halogens is 1. The van der Waals surface area contributed by atoms with Crippen molar-refractivity contribution in [3.63, 3.8) is 0 Å². The Morgan fingerprint density at radius 3 is 2.19 bits per heavy atom. The molecule has 0 aliphatic rings. The fraction of sp³-hybridized carbons (Fsp3) is 0.938. The predicted octanol–water partition coefficient (Wildman–Crippen LogP) is 3.25. The number of aliphatic imine (C=N–C) groups is 1. The van der Waals surface area contributed by atoms with E-state index in [-0.39, 0.29) is 30.6 Å². The summed E-state index contributed by atoms with van der Waals surface area (Å²) in [6.45, 7) is 13.9. The molecule has 0 aliphatic carbocycles. The van der Waals surface area contributed by atoms with Crippen LogP contribution in [0.2, 0.25) is 0 Å². The summed E-state index contributed by atoms with van der Waals surface area (Å²) in [6.07, 6.45) is 3.11. The second-order valence-electron chi connectivity index (χ2n) is 6.34. The quantitative estimate of drug-likeness (QED) is 0.293. The van der Waals surface area contributed by atoms with Crippen LogP contribution in [0.3, 0.4) is 0 Å². The molecule has 4 nitrogen and oxygen atoms in total. The van der Waals surface area contributed by atoms with Crippen LogP contribution in [-0.2, 0) is 0 Å². The molecule has 0 rings (SSSR count). The number of nitrogens with zero attached hydrogens (tertiary/aromatic N) is 1. The van der Waals surface area contributed by atoms with Gasteiger partial charge in [-0.05, 0) is 43.9 Å². The summed E-state index contributed by atoms with van der Waals surface area (Å²) in [5.41, 5.74) is 0. The summed E-state index contributed by atoms with van der Waals surface area (Å²) in [5, 5.41) is 15.8. The number of nitrogens with one attached hydrogen (secondary N) is 2. The van der Waals surface area contributed by atoms with E-state index in [1.54, 1.807) is 0 Å². The van der Waals surface area contributed by atoms with E-state index in [1.165, 1.54) is 0 Å². The minimum atomic E-state index is 0. The first kappa shape index (κ1) is 23.2. The Labute approximate surface area is 148 Å². The Morgan fingerprint density at radius 1 is 1.05 bits per heavy atom. The van der Waals surface area contributed by atoms with Crippen molar-refractivity contribution in [1.29, 1.82) is 0 Å². The third kappa shape index (κ3) is 14.7. The molecule has 0 saturated carbocycles. The molecule has 5 heteroatoms. The van der Waals surface area contributed by atoms with Crippen LogP contribution in [0.25, 0.3) is 0 Å². The van der Waals surface area contributed by atoms with Crippen LogP contribution in [0, 0.1) is 17.8 Å². The molecule has 0 amide bonds. The van der Waals surface area contributed by atoms with Crippen molar-refractivity contribution in [3.8, 4) is 0 Å². The summed E-state index contributed by atoms with van der Waals surface area (Å²) < 4.78 is 0. The van der Waals surface area contributed by atoms with E-state index in [0.717, 1.165) is 44.9 Å². The second-order valence-corrected chi connectivity index (χ2v) is 6.34. The van der Waals surface area contributed by atoms with Gasteiger partial charge in [0.05, 0.1) is 0 Å². The zero-order valence-electron chi connectivity index (χ0n) is 14.5. The van der Waals surface area contributed by atoms with Gasteiger partial charge in [0, 0.05) is 26.2 Å². The van der Waals surface area contributed by atoms with Crippen molar-refractivity contribution >= 4 is 29.9 Å². The van der Waals surface area contributed by atoms with E-state index in [2.05, 4.69) is 50.2 Å². The molecular weight excluding hydrogens is 377 g/mol. The van der Waals surface area contributed by atoms with E-state index in [1.807, 2.05) is 0 Å². The molecule has 1 atom stereocenters. The zero-order chi connectivity index (χ0) is 15.4. The monoisotopic (exact) mass is 413 g/mol. The molecule has 128 valence electrons. The summed E-state index contributed by atoms with van der Waals surface area (Å²) in [4.78, 5) is 4.67. The van der Waals surface area contributed by atoms with Gasteiger partial charge in [-0.25, -0.2) is 0 Å². The van der Waals surface area contributed by atoms with Crippen LogP contribution in [-0.4, -0.2) is 37.3 Å². The van der Waals surface area contributed by atoms with Crippen LogP contribution in [0.15, 0.2) is 4.99 Å². The molecule has 21 heavy (non-hydrogen) atoms. The molecule has 0 bridgehead atoms. The van der Waals surface area contributed by atoms with Gasteiger partial charge in [-0.3, -0.25) is 4.99 Å². The predicted molar refractivity (Wildman–Crippen MR) is 103 cm³/mol. The van der Waals surface area contributed by atoms with E-state index in [0.29, 0.717) is 17.8 Å². The normalized spacial score (nSPS) is 13.2. The maximum absolute atomic E-state index is 9.14. The van der Waals surface area contributed by atoms with E-state index in [9.17, 15) is 0 Å². The molecule has 3 N–H and O–H groups in total. The van der Waals surface area contributed by atoms with Gasteiger partial charge >= 0.3 is 0 Å². The minimum absolute atomic E-state index is 0. The fourth-order valence-corrected chi connectivity index (χ4v) is 2.17. The van der Waals surface area contributed by atoms with Crippen molar-refractivity contribution in [1.82, 2.24) is 10.6 Å². The molecule has 0 aromatic heterocycles. The summed E-state index contributed by atoms with van der Waals surface area (Å²) in [5.74, 6) is 2.73. The average Bonchev–Trinajstić information content (AvgIpc) is 2.34. The molecule has 1 unspecified atom stereocenters. The van der Waals surface area contributed by atoms with Crippen LogP contribution >= 0.6 is 24.0 Å².